The second-order valence-corrected chi connectivity index (χ2v) is 6.85. The van der Waals surface area contributed by atoms with Crippen molar-refractivity contribution in [2.45, 2.75) is 12.8 Å². The molecule has 0 unspecified atom stereocenters. The fraction of sp³-hybridized carbons (Fsp3) is 0.100. The number of nitrogens with one attached hydrogen (secondary N) is 2. The number of H-pyrrole nitrogens is 1. The number of hydrogen-bond donors (Lipinski definition) is 2. The lowest BCUT2D eigenvalue weighted by atomic mass is 10.1. The molecule has 2 aromatic heterocycles. The molecule has 0 saturated carbocycles. The van der Waals surface area contributed by atoms with E-state index in [1.54, 1.807) is 18.2 Å². The second kappa shape index (κ2) is 6.98. The van der Waals surface area contributed by atoms with E-state index in [9.17, 15) is 4.79 Å². The lowest BCUT2D eigenvalue weighted by Gasteiger charge is -2.09. The van der Waals surface area contributed by atoms with Gasteiger partial charge in [-0.15, -0.1) is 0 Å². The summed E-state index contributed by atoms with van der Waals surface area (Å²) in [7, 11) is 0. The fourth-order valence-electron chi connectivity index (χ4n) is 2.99. The lowest BCUT2D eigenvalue weighted by molar-refractivity contribution is -0.116. The SMILES string of the molecule is O=C(CCc1cc2c(cn1)[nH]c1ccccc12)Nc1c(Cl)cccc1Cl. The Bertz CT molecular complexity index is 1100. The standard InChI is InChI=1S/C20H15Cl2N3O/c21-15-5-3-6-16(22)20(15)25-19(26)9-8-12-10-14-13-4-1-2-7-17(13)24-18(14)11-23-12/h1-7,10-11,24H,8-9H2,(H,25,26). The number of aromatic nitrogens is 2. The van der Waals surface area contributed by atoms with E-state index in [4.69, 9.17) is 23.2 Å². The average Bonchev–Trinajstić information content (AvgIpc) is 3.01. The van der Waals surface area contributed by atoms with Crippen LogP contribution in [0.2, 0.25) is 10.0 Å². The van der Waals surface area contributed by atoms with E-state index >= 15 is 0 Å². The molecule has 0 atom stereocenters. The van der Waals surface area contributed by atoms with E-state index in [0.29, 0.717) is 28.6 Å². The van der Waals surface area contributed by atoms with Gasteiger partial charge in [0.2, 0.25) is 5.91 Å². The van der Waals surface area contributed by atoms with Crippen molar-refractivity contribution in [3.8, 4) is 0 Å². The molecule has 0 bridgehead atoms. The Hall–Kier alpha value is -2.56. The Morgan fingerprint density at radius 2 is 1.77 bits per heavy atom. The third kappa shape index (κ3) is 3.26. The first kappa shape index (κ1) is 16.9. The highest BCUT2D eigenvalue weighted by molar-refractivity contribution is 6.39. The maximum absolute atomic E-state index is 12.3. The maximum Gasteiger partial charge on any atom is 0.224 e. The van der Waals surface area contributed by atoms with Crippen LogP contribution in [0.4, 0.5) is 5.69 Å². The van der Waals surface area contributed by atoms with Crippen LogP contribution in [0.5, 0.6) is 0 Å². The summed E-state index contributed by atoms with van der Waals surface area (Å²) in [6, 6.07) is 15.3. The molecule has 4 nitrogen and oxygen atoms in total. The number of para-hydroxylation sites is 2. The summed E-state index contributed by atoms with van der Waals surface area (Å²) in [4.78, 5) is 20.1. The van der Waals surface area contributed by atoms with E-state index in [1.165, 1.54) is 0 Å². The largest absolute Gasteiger partial charge is 0.353 e. The van der Waals surface area contributed by atoms with E-state index in [0.717, 1.165) is 27.5 Å². The van der Waals surface area contributed by atoms with Crippen molar-refractivity contribution in [3.63, 3.8) is 0 Å². The van der Waals surface area contributed by atoms with Crippen molar-refractivity contribution in [2.75, 3.05) is 5.32 Å². The lowest BCUT2D eigenvalue weighted by Crippen LogP contribution is -2.13. The number of nitrogens with zero attached hydrogens (tertiary/aromatic N) is 1. The van der Waals surface area contributed by atoms with Crippen LogP contribution in [-0.4, -0.2) is 15.9 Å². The molecule has 4 aromatic rings. The Balaban J connectivity index is 1.50. The molecule has 0 aliphatic heterocycles. The monoisotopic (exact) mass is 383 g/mol. The minimum absolute atomic E-state index is 0.152. The summed E-state index contributed by atoms with van der Waals surface area (Å²) in [5.41, 5.74) is 3.37. The Morgan fingerprint density at radius 3 is 2.58 bits per heavy atom. The molecular formula is C20H15Cl2N3O. The predicted octanol–water partition coefficient (Wildman–Crippen LogP) is 5.59. The molecule has 0 aliphatic carbocycles. The maximum atomic E-state index is 12.3. The molecule has 0 fully saturated rings. The zero-order valence-corrected chi connectivity index (χ0v) is 15.2. The zero-order chi connectivity index (χ0) is 18.1. The first-order valence-corrected chi connectivity index (χ1v) is 8.96. The van der Waals surface area contributed by atoms with Gasteiger partial charge in [0, 0.05) is 28.4 Å². The molecule has 6 heteroatoms. The summed E-state index contributed by atoms with van der Waals surface area (Å²) in [5, 5.41) is 5.88. The quantitative estimate of drug-likeness (QED) is 0.482. The Labute approximate surface area is 160 Å². The topological polar surface area (TPSA) is 57.8 Å². The number of hydrogen-bond acceptors (Lipinski definition) is 2. The molecular weight excluding hydrogens is 369 g/mol. The number of aryl methyl sites for hydroxylation is 1. The molecule has 130 valence electrons. The number of pyridine rings is 1. The highest BCUT2D eigenvalue weighted by atomic mass is 35.5. The molecule has 4 rings (SSSR count). The van der Waals surface area contributed by atoms with Gasteiger partial charge in [-0.05, 0) is 30.7 Å². The van der Waals surface area contributed by atoms with E-state index in [1.807, 2.05) is 30.5 Å². The molecule has 0 radical (unpaired) electrons. The number of rotatable bonds is 4. The molecule has 2 aromatic carbocycles. The van der Waals surface area contributed by atoms with Gasteiger partial charge < -0.3 is 10.3 Å². The van der Waals surface area contributed by atoms with Gasteiger partial charge in [0.05, 0.1) is 27.4 Å². The molecule has 0 spiro atoms. The number of fused-ring (bicyclic) bond motifs is 3. The van der Waals surface area contributed by atoms with Gasteiger partial charge in [-0.25, -0.2) is 0 Å². The van der Waals surface area contributed by atoms with Gasteiger partial charge in [-0.2, -0.15) is 0 Å². The van der Waals surface area contributed by atoms with Crippen LogP contribution in [0.25, 0.3) is 21.8 Å². The number of amides is 1. The molecule has 2 heterocycles. The van der Waals surface area contributed by atoms with Gasteiger partial charge in [-0.3, -0.25) is 9.78 Å². The van der Waals surface area contributed by atoms with Crippen molar-refractivity contribution in [1.29, 1.82) is 0 Å². The summed E-state index contributed by atoms with van der Waals surface area (Å²) < 4.78 is 0. The normalized spacial score (nSPS) is 11.2. The highest BCUT2D eigenvalue weighted by Gasteiger charge is 2.11. The summed E-state index contributed by atoms with van der Waals surface area (Å²) in [5.74, 6) is -0.152. The van der Waals surface area contributed by atoms with Crippen molar-refractivity contribution in [1.82, 2.24) is 9.97 Å². The third-order valence-electron chi connectivity index (χ3n) is 4.28. The van der Waals surface area contributed by atoms with Crippen LogP contribution in [0.15, 0.2) is 54.7 Å². The van der Waals surface area contributed by atoms with Crippen LogP contribution in [-0.2, 0) is 11.2 Å². The molecule has 26 heavy (non-hydrogen) atoms. The number of aromatic amines is 1. The Morgan fingerprint density at radius 1 is 1.00 bits per heavy atom. The summed E-state index contributed by atoms with van der Waals surface area (Å²) in [6.07, 6.45) is 2.64. The van der Waals surface area contributed by atoms with Crippen LogP contribution in [0.3, 0.4) is 0 Å². The molecule has 0 saturated heterocycles. The van der Waals surface area contributed by atoms with Gasteiger partial charge in [0.1, 0.15) is 0 Å². The minimum atomic E-state index is -0.152. The first-order valence-electron chi connectivity index (χ1n) is 8.21. The average molecular weight is 384 g/mol. The predicted molar refractivity (Wildman–Crippen MR) is 107 cm³/mol. The number of carbonyl (C=O) groups is 1. The van der Waals surface area contributed by atoms with Crippen LogP contribution >= 0.6 is 23.2 Å². The van der Waals surface area contributed by atoms with Gasteiger partial charge in [0.25, 0.3) is 0 Å². The van der Waals surface area contributed by atoms with E-state index in [-0.39, 0.29) is 5.91 Å². The minimum Gasteiger partial charge on any atom is -0.353 e. The van der Waals surface area contributed by atoms with Crippen molar-refractivity contribution >= 4 is 56.6 Å². The van der Waals surface area contributed by atoms with Crippen molar-refractivity contribution in [3.05, 3.63) is 70.5 Å². The number of halogens is 2. The van der Waals surface area contributed by atoms with Crippen LogP contribution in [0.1, 0.15) is 12.1 Å². The Kier molecular flexibility index (Phi) is 4.53. The molecule has 1 amide bonds. The van der Waals surface area contributed by atoms with Crippen molar-refractivity contribution < 1.29 is 4.79 Å². The van der Waals surface area contributed by atoms with Gasteiger partial charge in [-0.1, -0.05) is 47.5 Å². The third-order valence-corrected chi connectivity index (χ3v) is 4.91. The number of benzene rings is 2. The van der Waals surface area contributed by atoms with Gasteiger partial charge in [0.15, 0.2) is 0 Å². The zero-order valence-electron chi connectivity index (χ0n) is 13.7. The van der Waals surface area contributed by atoms with E-state index in [2.05, 4.69) is 21.4 Å². The smallest absolute Gasteiger partial charge is 0.224 e. The number of carbonyl (C=O) groups excluding carboxylic acids is 1. The highest BCUT2D eigenvalue weighted by Crippen LogP contribution is 2.30. The van der Waals surface area contributed by atoms with Crippen molar-refractivity contribution in [2.24, 2.45) is 0 Å². The van der Waals surface area contributed by atoms with Crippen LogP contribution < -0.4 is 5.32 Å². The fourth-order valence-corrected chi connectivity index (χ4v) is 3.48. The first-order chi connectivity index (χ1) is 12.6. The molecule has 0 aliphatic rings. The van der Waals surface area contributed by atoms with Crippen LogP contribution in [0, 0.1) is 0 Å². The second-order valence-electron chi connectivity index (χ2n) is 6.04. The summed E-state index contributed by atoms with van der Waals surface area (Å²) in [6.45, 7) is 0. The van der Waals surface area contributed by atoms with E-state index < -0.39 is 0 Å². The summed E-state index contributed by atoms with van der Waals surface area (Å²) >= 11 is 12.2. The number of anilines is 1. The van der Waals surface area contributed by atoms with Gasteiger partial charge >= 0.3 is 0 Å². The molecule has 2 N–H and O–H groups in total.